The predicted octanol–water partition coefficient (Wildman–Crippen LogP) is 1.76. The largest absolute Gasteiger partial charge is 0.416 e. The number of hydrogen-bond donors (Lipinski definition) is 1. The third-order valence-corrected chi connectivity index (χ3v) is 2.55. The molecule has 0 atom stereocenters. The third-order valence-electron chi connectivity index (χ3n) is 2.55. The molecule has 1 aromatic carbocycles. The standard InChI is InChI=1S/C11H9F3N2O2/c12-11(13,14)8-4-2-1-3-7(8)5-16-6-9(17)15-10(16)18/h1-4H,5-6H2,(H,15,17,18). The van der Waals surface area contributed by atoms with Crippen LogP contribution in [0.4, 0.5) is 18.0 Å². The van der Waals surface area contributed by atoms with Gasteiger partial charge in [0.2, 0.25) is 5.91 Å². The Balaban J connectivity index is 2.25. The monoisotopic (exact) mass is 258 g/mol. The Kier molecular flexibility index (Phi) is 2.98. The number of carbonyl (C=O) groups excluding carboxylic acids is 2. The quantitative estimate of drug-likeness (QED) is 0.822. The summed E-state index contributed by atoms with van der Waals surface area (Å²) in [7, 11) is 0. The summed E-state index contributed by atoms with van der Waals surface area (Å²) in [5, 5.41) is 2.01. The van der Waals surface area contributed by atoms with Gasteiger partial charge in [0.25, 0.3) is 0 Å². The van der Waals surface area contributed by atoms with Gasteiger partial charge in [-0.25, -0.2) is 4.79 Å². The fourth-order valence-electron chi connectivity index (χ4n) is 1.75. The second kappa shape index (κ2) is 4.32. The molecular weight excluding hydrogens is 249 g/mol. The van der Waals surface area contributed by atoms with Crippen molar-refractivity contribution in [3.63, 3.8) is 0 Å². The number of rotatable bonds is 2. The lowest BCUT2D eigenvalue weighted by atomic mass is 10.1. The van der Waals surface area contributed by atoms with E-state index in [2.05, 4.69) is 0 Å². The highest BCUT2D eigenvalue weighted by molar-refractivity contribution is 6.01. The van der Waals surface area contributed by atoms with E-state index in [0.29, 0.717) is 0 Å². The van der Waals surface area contributed by atoms with Gasteiger partial charge in [-0.2, -0.15) is 13.2 Å². The summed E-state index contributed by atoms with van der Waals surface area (Å²) in [5.41, 5.74) is -0.827. The maximum Gasteiger partial charge on any atom is 0.416 e. The Hall–Kier alpha value is -2.05. The maximum atomic E-state index is 12.7. The summed E-state index contributed by atoms with van der Waals surface area (Å²) in [6, 6.07) is 4.31. The molecule has 0 aliphatic carbocycles. The molecule has 96 valence electrons. The van der Waals surface area contributed by atoms with Crippen LogP contribution in [-0.2, 0) is 17.5 Å². The molecule has 1 saturated heterocycles. The van der Waals surface area contributed by atoms with Crippen molar-refractivity contribution in [1.29, 1.82) is 0 Å². The van der Waals surface area contributed by atoms with Crippen LogP contribution in [0.1, 0.15) is 11.1 Å². The number of hydrogen-bond acceptors (Lipinski definition) is 2. The first-order chi connectivity index (χ1) is 8.38. The highest BCUT2D eigenvalue weighted by Crippen LogP contribution is 2.32. The molecule has 0 saturated carbocycles. The topological polar surface area (TPSA) is 49.4 Å². The predicted molar refractivity (Wildman–Crippen MR) is 55.4 cm³/mol. The van der Waals surface area contributed by atoms with Crippen LogP contribution in [-0.4, -0.2) is 23.4 Å². The molecule has 0 radical (unpaired) electrons. The van der Waals surface area contributed by atoms with E-state index < -0.39 is 23.7 Å². The molecular formula is C11H9F3N2O2. The van der Waals surface area contributed by atoms with Crippen molar-refractivity contribution in [2.24, 2.45) is 0 Å². The van der Waals surface area contributed by atoms with Crippen LogP contribution in [0, 0.1) is 0 Å². The lowest BCUT2D eigenvalue weighted by molar-refractivity contribution is -0.138. The summed E-state index contributed by atoms with van der Waals surface area (Å²) in [5.74, 6) is -0.510. The zero-order chi connectivity index (χ0) is 13.3. The highest BCUT2D eigenvalue weighted by Gasteiger charge is 2.35. The second-order valence-electron chi connectivity index (χ2n) is 3.86. The Labute approximate surface area is 100 Å². The van der Waals surface area contributed by atoms with E-state index in [1.54, 1.807) is 0 Å². The Bertz CT molecular complexity index is 499. The van der Waals surface area contributed by atoms with Gasteiger partial charge in [-0.3, -0.25) is 10.1 Å². The molecule has 1 fully saturated rings. The average Bonchev–Trinajstić information content (AvgIpc) is 2.57. The van der Waals surface area contributed by atoms with Crippen molar-refractivity contribution in [1.82, 2.24) is 10.2 Å². The van der Waals surface area contributed by atoms with E-state index >= 15 is 0 Å². The molecule has 1 heterocycles. The number of imide groups is 1. The van der Waals surface area contributed by atoms with E-state index in [-0.39, 0.29) is 18.7 Å². The van der Waals surface area contributed by atoms with Crippen LogP contribution in [0.15, 0.2) is 24.3 Å². The van der Waals surface area contributed by atoms with Gasteiger partial charge in [-0.15, -0.1) is 0 Å². The van der Waals surface area contributed by atoms with Crippen LogP contribution < -0.4 is 5.32 Å². The highest BCUT2D eigenvalue weighted by atomic mass is 19.4. The Morgan fingerprint density at radius 1 is 1.22 bits per heavy atom. The number of halogens is 3. The smallest absolute Gasteiger partial charge is 0.311 e. The minimum atomic E-state index is -4.48. The first-order valence-electron chi connectivity index (χ1n) is 5.12. The van der Waals surface area contributed by atoms with Gasteiger partial charge in [-0.05, 0) is 11.6 Å². The van der Waals surface area contributed by atoms with Gasteiger partial charge in [0.15, 0.2) is 0 Å². The first kappa shape index (κ1) is 12.4. The lowest BCUT2D eigenvalue weighted by Gasteiger charge is -2.17. The minimum Gasteiger partial charge on any atom is -0.311 e. The molecule has 1 aliphatic rings. The van der Waals surface area contributed by atoms with Crippen molar-refractivity contribution in [3.05, 3.63) is 35.4 Å². The molecule has 3 amide bonds. The van der Waals surface area contributed by atoms with Gasteiger partial charge >= 0.3 is 12.2 Å². The molecule has 0 spiro atoms. The zero-order valence-corrected chi connectivity index (χ0v) is 9.12. The summed E-state index contributed by atoms with van der Waals surface area (Å²) >= 11 is 0. The number of benzene rings is 1. The van der Waals surface area contributed by atoms with E-state index in [0.717, 1.165) is 11.0 Å². The minimum absolute atomic E-state index is 0.0325. The van der Waals surface area contributed by atoms with Gasteiger partial charge in [-0.1, -0.05) is 18.2 Å². The molecule has 4 nitrogen and oxygen atoms in total. The van der Waals surface area contributed by atoms with Crippen molar-refractivity contribution < 1.29 is 22.8 Å². The molecule has 0 bridgehead atoms. The SMILES string of the molecule is O=C1CN(Cc2ccccc2C(F)(F)F)C(=O)N1. The lowest BCUT2D eigenvalue weighted by Crippen LogP contribution is -2.28. The van der Waals surface area contributed by atoms with E-state index in [1.807, 2.05) is 5.32 Å². The zero-order valence-electron chi connectivity index (χ0n) is 9.12. The summed E-state index contributed by atoms with van der Waals surface area (Å²) in [4.78, 5) is 23.2. The number of carbonyl (C=O) groups is 2. The number of amides is 3. The Morgan fingerprint density at radius 2 is 1.89 bits per heavy atom. The number of urea groups is 1. The molecule has 7 heteroatoms. The average molecular weight is 258 g/mol. The molecule has 0 unspecified atom stereocenters. The van der Waals surface area contributed by atoms with Crippen LogP contribution >= 0.6 is 0 Å². The van der Waals surface area contributed by atoms with Gasteiger partial charge < -0.3 is 4.90 Å². The molecule has 0 aromatic heterocycles. The van der Waals surface area contributed by atoms with E-state index in [1.165, 1.54) is 18.2 Å². The normalized spacial score (nSPS) is 16.1. The van der Waals surface area contributed by atoms with Gasteiger partial charge in [0.1, 0.15) is 6.54 Å². The molecule has 1 aliphatic heterocycles. The molecule has 1 aromatic rings. The van der Waals surface area contributed by atoms with E-state index in [4.69, 9.17) is 0 Å². The van der Waals surface area contributed by atoms with Crippen molar-refractivity contribution >= 4 is 11.9 Å². The summed E-state index contributed by atoms with van der Waals surface area (Å²) in [6.07, 6.45) is -4.48. The number of nitrogens with one attached hydrogen (secondary N) is 1. The molecule has 2 rings (SSSR count). The fourth-order valence-corrected chi connectivity index (χ4v) is 1.75. The summed E-state index contributed by atoms with van der Waals surface area (Å²) < 4.78 is 38.1. The first-order valence-corrected chi connectivity index (χ1v) is 5.12. The van der Waals surface area contributed by atoms with Crippen LogP contribution in [0.5, 0.6) is 0 Å². The second-order valence-corrected chi connectivity index (χ2v) is 3.86. The number of nitrogens with zero attached hydrogens (tertiary/aromatic N) is 1. The van der Waals surface area contributed by atoms with Gasteiger partial charge in [0.05, 0.1) is 5.56 Å². The van der Waals surface area contributed by atoms with Crippen LogP contribution in [0.25, 0.3) is 0 Å². The van der Waals surface area contributed by atoms with Crippen LogP contribution in [0.2, 0.25) is 0 Å². The fraction of sp³-hybridized carbons (Fsp3) is 0.273. The molecule has 1 N–H and O–H groups in total. The maximum absolute atomic E-state index is 12.7. The summed E-state index contributed by atoms with van der Waals surface area (Å²) in [6.45, 7) is -0.460. The van der Waals surface area contributed by atoms with Crippen molar-refractivity contribution in [3.8, 4) is 0 Å². The van der Waals surface area contributed by atoms with E-state index in [9.17, 15) is 22.8 Å². The van der Waals surface area contributed by atoms with Crippen LogP contribution in [0.3, 0.4) is 0 Å². The number of alkyl halides is 3. The molecule has 18 heavy (non-hydrogen) atoms. The van der Waals surface area contributed by atoms with Crippen molar-refractivity contribution in [2.45, 2.75) is 12.7 Å². The Morgan fingerprint density at radius 3 is 2.44 bits per heavy atom. The third kappa shape index (κ3) is 2.44. The van der Waals surface area contributed by atoms with Gasteiger partial charge in [0, 0.05) is 6.54 Å². The van der Waals surface area contributed by atoms with Crippen molar-refractivity contribution in [2.75, 3.05) is 6.54 Å².